The molecule has 1 aliphatic carbocycles. The molecule has 0 bridgehead atoms. The Balaban J connectivity index is 1.60. The zero-order valence-corrected chi connectivity index (χ0v) is 17.9. The second kappa shape index (κ2) is 9.39. The molecule has 0 fully saturated rings. The molecule has 0 spiro atoms. The molecule has 0 radical (unpaired) electrons. The van der Waals surface area contributed by atoms with E-state index in [2.05, 4.69) is 11.1 Å². The van der Waals surface area contributed by atoms with Gasteiger partial charge in [0.15, 0.2) is 22.4 Å². The Morgan fingerprint density at radius 1 is 1.10 bits per heavy atom. The topological polar surface area (TPSA) is 92.4 Å². The van der Waals surface area contributed by atoms with E-state index < -0.39 is 0 Å². The Bertz CT molecular complexity index is 1220. The number of aromatic hydroxyl groups is 2. The van der Waals surface area contributed by atoms with Crippen molar-refractivity contribution in [1.29, 1.82) is 0 Å². The first-order valence-electron chi connectivity index (χ1n) is 10.4. The van der Waals surface area contributed by atoms with Crippen LogP contribution in [0.15, 0.2) is 64.1 Å². The molecule has 31 heavy (non-hydrogen) atoms. The van der Waals surface area contributed by atoms with Crippen molar-refractivity contribution in [3.63, 3.8) is 0 Å². The highest BCUT2D eigenvalue weighted by molar-refractivity contribution is 7.99. The maximum Gasteiger partial charge on any atom is 0.262 e. The first kappa shape index (κ1) is 21.2. The van der Waals surface area contributed by atoms with E-state index in [1.54, 1.807) is 16.7 Å². The van der Waals surface area contributed by atoms with Gasteiger partial charge in [-0.25, -0.2) is 4.98 Å². The molecular weight excluding hydrogens is 412 g/mol. The fraction of sp³-hybridized carbons (Fsp3) is 0.292. The molecule has 4 rings (SSSR count). The number of Topliss-reactive ketones (excluding diaryl/α,β-unsaturated/α-hetero) is 1. The van der Waals surface area contributed by atoms with Gasteiger partial charge in [0, 0.05) is 12.1 Å². The zero-order chi connectivity index (χ0) is 21.8. The second-order valence-electron chi connectivity index (χ2n) is 7.64. The number of nitrogens with zero attached hydrogens (tertiary/aromatic N) is 2. The number of ketones is 1. The molecule has 0 saturated heterocycles. The maximum atomic E-state index is 13.2. The molecule has 0 aliphatic heterocycles. The monoisotopic (exact) mass is 436 g/mol. The van der Waals surface area contributed by atoms with Gasteiger partial charge in [0.05, 0.1) is 16.7 Å². The number of phenolic OH excluding ortho intramolecular Hbond substituents is 2. The largest absolute Gasteiger partial charge is 0.504 e. The van der Waals surface area contributed by atoms with Gasteiger partial charge in [-0.15, -0.1) is 0 Å². The lowest BCUT2D eigenvalue weighted by molar-refractivity contribution is 0.102. The Labute approximate surface area is 184 Å². The minimum atomic E-state index is -0.336. The SMILES string of the molecule is O=C(CSc1nc2ccccc2c(=O)n1CCC1=CCCCC1)c1ccc(O)c(O)c1. The molecule has 0 atom stereocenters. The van der Waals surface area contributed by atoms with E-state index in [0.29, 0.717) is 28.2 Å². The predicted molar refractivity (Wildman–Crippen MR) is 122 cm³/mol. The molecule has 3 aromatic rings. The average molecular weight is 437 g/mol. The molecule has 0 unspecified atom stereocenters. The van der Waals surface area contributed by atoms with Crippen LogP contribution in [0.4, 0.5) is 0 Å². The Morgan fingerprint density at radius 2 is 1.94 bits per heavy atom. The Morgan fingerprint density at radius 3 is 2.71 bits per heavy atom. The number of allylic oxidation sites excluding steroid dienone is 2. The molecule has 1 aliphatic rings. The molecular formula is C24H24N2O4S. The quantitative estimate of drug-likeness (QED) is 0.184. The number of carbonyl (C=O) groups is 1. The van der Waals surface area contributed by atoms with E-state index >= 15 is 0 Å². The first-order valence-corrected chi connectivity index (χ1v) is 11.4. The van der Waals surface area contributed by atoms with Gasteiger partial charge in [-0.2, -0.15) is 0 Å². The van der Waals surface area contributed by atoms with Crippen molar-refractivity contribution < 1.29 is 15.0 Å². The van der Waals surface area contributed by atoms with E-state index in [1.807, 2.05) is 12.1 Å². The summed E-state index contributed by atoms with van der Waals surface area (Å²) in [6.45, 7) is 0.527. The van der Waals surface area contributed by atoms with Crippen molar-refractivity contribution in [1.82, 2.24) is 9.55 Å². The smallest absolute Gasteiger partial charge is 0.262 e. The Hall–Kier alpha value is -3.06. The molecule has 6 nitrogen and oxygen atoms in total. The van der Waals surface area contributed by atoms with Crippen LogP contribution >= 0.6 is 11.8 Å². The summed E-state index contributed by atoms with van der Waals surface area (Å²) in [5.41, 5.74) is 2.18. The van der Waals surface area contributed by atoms with E-state index in [1.165, 1.54) is 48.4 Å². The van der Waals surface area contributed by atoms with Crippen molar-refractivity contribution in [2.24, 2.45) is 0 Å². The number of aromatic nitrogens is 2. The summed E-state index contributed by atoms with van der Waals surface area (Å²) in [6, 6.07) is 11.2. The number of benzene rings is 2. The standard InChI is InChI=1S/C24H24N2O4S/c27-20-11-10-17(14-21(20)28)22(29)15-31-24-25-19-9-5-4-8-18(19)23(30)26(24)13-12-16-6-2-1-3-7-16/h4-6,8-11,14,27-28H,1-3,7,12-13,15H2. The highest BCUT2D eigenvalue weighted by Gasteiger charge is 2.16. The van der Waals surface area contributed by atoms with Gasteiger partial charge in [-0.05, 0) is 62.4 Å². The number of hydrogen-bond acceptors (Lipinski definition) is 6. The Kier molecular flexibility index (Phi) is 6.42. The molecule has 1 aromatic heterocycles. The van der Waals surface area contributed by atoms with Gasteiger partial charge in [-0.1, -0.05) is 35.5 Å². The summed E-state index contributed by atoms with van der Waals surface area (Å²) < 4.78 is 1.67. The summed E-state index contributed by atoms with van der Waals surface area (Å²) >= 11 is 1.21. The lowest BCUT2D eigenvalue weighted by Crippen LogP contribution is -2.24. The molecule has 7 heteroatoms. The van der Waals surface area contributed by atoms with Crippen LogP contribution < -0.4 is 5.56 Å². The first-order chi connectivity index (χ1) is 15.0. The minimum Gasteiger partial charge on any atom is -0.504 e. The normalized spacial score (nSPS) is 13.9. The molecule has 0 saturated carbocycles. The van der Waals surface area contributed by atoms with Crippen LogP contribution in [0.1, 0.15) is 42.5 Å². The molecule has 2 N–H and O–H groups in total. The zero-order valence-electron chi connectivity index (χ0n) is 17.1. The van der Waals surface area contributed by atoms with Gasteiger partial charge in [-0.3, -0.25) is 14.2 Å². The van der Waals surface area contributed by atoms with Crippen LogP contribution in [-0.4, -0.2) is 31.3 Å². The van der Waals surface area contributed by atoms with E-state index in [4.69, 9.17) is 0 Å². The fourth-order valence-corrected chi connectivity index (χ4v) is 4.67. The molecule has 160 valence electrons. The molecule has 2 aromatic carbocycles. The number of hydrogen-bond donors (Lipinski definition) is 2. The number of para-hydroxylation sites is 1. The van der Waals surface area contributed by atoms with Gasteiger partial charge >= 0.3 is 0 Å². The van der Waals surface area contributed by atoms with Crippen molar-refractivity contribution in [2.45, 2.75) is 43.8 Å². The van der Waals surface area contributed by atoms with Crippen molar-refractivity contribution in [3.05, 3.63) is 70.0 Å². The van der Waals surface area contributed by atoms with E-state index in [0.717, 1.165) is 19.3 Å². The van der Waals surface area contributed by atoms with Crippen LogP contribution in [0.25, 0.3) is 10.9 Å². The second-order valence-corrected chi connectivity index (χ2v) is 8.58. The number of fused-ring (bicyclic) bond motifs is 1. The third-order valence-corrected chi connectivity index (χ3v) is 6.47. The summed E-state index contributed by atoms with van der Waals surface area (Å²) in [5.74, 6) is -0.759. The van der Waals surface area contributed by atoms with Crippen LogP contribution in [-0.2, 0) is 6.54 Å². The third-order valence-electron chi connectivity index (χ3n) is 5.50. The average Bonchev–Trinajstić information content (AvgIpc) is 2.79. The lowest BCUT2D eigenvalue weighted by Gasteiger charge is -2.16. The summed E-state index contributed by atoms with van der Waals surface area (Å²) in [5, 5.41) is 20.2. The fourth-order valence-electron chi connectivity index (χ4n) is 3.75. The van der Waals surface area contributed by atoms with E-state index in [-0.39, 0.29) is 28.6 Å². The lowest BCUT2D eigenvalue weighted by atomic mass is 9.97. The van der Waals surface area contributed by atoms with E-state index in [9.17, 15) is 19.8 Å². The highest BCUT2D eigenvalue weighted by atomic mass is 32.2. The third kappa shape index (κ3) is 4.82. The summed E-state index contributed by atoms with van der Waals surface area (Å²) in [7, 11) is 0. The predicted octanol–water partition coefficient (Wildman–Crippen LogP) is 4.67. The van der Waals surface area contributed by atoms with Crippen LogP contribution in [0.3, 0.4) is 0 Å². The number of phenols is 2. The van der Waals surface area contributed by atoms with Crippen molar-refractivity contribution in [2.75, 3.05) is 5.75 Å². The van der Waals surface area contributed by atoms with Gasteiger partial charge in [0.1, 0.15) is 0 Å². The van der Waals surface area contributed by atoms with Gasteiger partial charge in [0.25, 0.3) is 5.56 Å². The van der Waals surface area contributed by atoms with Crippen molar-refractivity contribution in [3.8, 4) is 11.5 Å². The van der Waals surface area contributed by atoms with Crippen LogP contribution in [0.2, 0.25) is 0 Å². The number of thioether (sulfide) groups is 1. The van der Waals surface area contributed by atoms with Crippen LogP contribution in [0.5, 0.6) is 11.5 Å². The summed E-state index contributed by atoms with van der Waals surface area (Å²) in [4.78, 5) is 30.4. The number of carbonyl (C=O) groups excluding carboxylic acids is 1. The molecule has 1 heterocycles. The minimum absolute atomic E-state index is 0.0672. The van der Waals surface area contributed by atoms with Crippen LogP contribution in [0, 0.1) is 0 Å². The maximum absolute atomic E-state index is 13.2. The van der Waals surface area contributed by atoms with Crippen molar-refractivity contribution >= 4 is 28.4 Å². The summed E-state index contributed by atoms with van der Waals surface area (Å²) in [6.07, 6.45) is 7.64. The highest BCUT2D eigenvalue weighted by Crippen LogP contribution is 2.27. The van der Waals surface area contributed by atoms with Gasteiger partial charge in [0.2, 0.25) is 0 Å². The number of rotatable bonds is 7. The van der Waals surface area contributed by atoms with Gasteiger partial charge < -0.3 is 10.2 Å². The molecule has 0 amide bonds.